The van der Waals surface area contributed by atoms with Gasteiger partial charge in [-0.3, -0.25) is 9.78 Å². The van der Waals surface area contributed by atoms with Crippen LogP contribution < -0.4 is 5.32 Å². The Bertz CT molecular complexity index is 1140. The van der Waals surface area contributed by atoms with E-state index < -0.39 is 11.7 Å². The molecule has 0 aliphatic carbocycles. The number of benzene rings is 1. The number of fused-ring (bicyclic) bond motifs is 1. The van der Waals surface area contributed by atoms with Crippen LogP contribution in [0.25, 0.3) is 22.4 Å². The Morgan fingerprint density at radius 1 is 1.21 bits per heavy atom. The van der Waals surface area contributed by atoms with E-state index in [0.29, 0.717) is 21.7 Å². The van der Waals surface area contributed by atoms with E-state index in [2.05, 4.69) is 25.3 Å². The first kappa shape index (κ1) is 18.1. The zero-order chi connectivity index (χ0) is 19.7. The number of halogens is 3. The minimum atomic E-state index is -4.51. The summed E-state index contributed by atoms with van der Waals surface area (Å²) in [5, 5.41) is 4.85. The second-order valence-electron chi connectivity index (χ2n) is 5.89. The van der Waals surface area contributed by atoms with Gasteiger partial charge in [-0.1, -0.05) is 18.2 Å². The molecular formula is C18H12F3N5OS. The van der Waals surface area contributed by atoms with Crippen LogP contribution in [0.5, 0.6) is 0 Å². The summed E-state index contributed by atoms with van der Waals surface area (Å²) in [6.45, 7) is 0. The molecule has 0 unspecified atom stereocenters. The molecule has 0 aliphatic heterocycles. The van der Waals surface area contributed by atoms with E-state index >= 15 is 0 Å². The Morgan fingerprint density at radius 3 is 2.79 bits per heavy atom. The van der Waals surface area contributed by atoms with Crippen LogP contribution in [0.1, 0.15) is 11.1 Å². The largest absolute Gasteiger partial charge is 0.417 e. The number of aromatic amines is 1. The van der Waals surface area contributed by atoms with Crippen molar-refractivity contribution in [3.63, 3.8) is 0 Å². The monoisotopic (exact) mass is 403 g/mol. The van der Waals surface area contributed by atoms with Gasteiger partial charge in [-0.2, -0.15) is 13.2 Å². The third-order valence-corrected chi connectivity index (χ3v) is 4.68. The molecule has 3 aromatic heterocycles. The van der Waals surface area contributed by atoms with Crippen LogP contribution in [0.2, 0.25) is 0 Å². The predicted octanol–water partition coefficient (Wildman–Crippen LogP) is 4.28. The number of nitrogens with one attached hydrogen (secondary N) is 2. The van der Waals surface area contributed by atoms with E-state index in [1.165, 1.54) is 41.9 Å². The molecule has 0 spiro atoms. The van der Waals surface area contributed by atoms with Gasteiger partial charge in [0.2, 0.25) is 5.91 Å². The maximum absolute atomic E-state index is 13.3. The second-order valence-corrected chi connectivity index (χ2v) is 6.78. The van der Waals surface area contributed by atoms with Crippen LogP contribution >= 0.6 is 11.3 Å². The van der Waals surface area contributed by atoms with Gasteiger partial charge >= 0.3 is 6.18 Å². The van der Waals surface area contributed by atoms with Crippen molar-refractivity contribution in [2.75, 3.05) is 5.32 Å². The van der Waals surface area contributed by atoms with Crippen LogP contribution in [-0.2, 0) is 17.4 Å². The molecule has 4 aromatic rings. The second kappa shape index (κ2) is 7.04. The molecule has 4 rings (SSSR count). The van der Waals surface area contributed by atoms with Crippen molar-refractivity contribution in [3.05, 3.63) is 59.4 Å². The first-order valence-electron chi connectivity index (χ1n) is 8.10. The normalized spacial score (nSPS) is 11.7. The minimum Gasteiger partial charge on any atom is -0.337 e. The predicted molar refractivity (Wildman–Crippen MR) is 98.8 cm³/mol. The maximum atomic E-state index is 13.3. The summed E-state index contributed by atoms with van der Waals surface area (Å²) in [7, 11) is 0. The summed E-state index contributed by atoms with van der Waals surface area (Å²) in [6, 6.07) is 5.19. The number of alkyl halides is 3. The Kier molecular flexibility index (Phi) is 4.55. The Hall–Kier alpha value is -3.27. The van der Waals surface area contributed by atoms with Crippen LogP contribution in [0.4, 0.5) is 18.3 Å². The number of rotatable bonds is 4. The highest BCUT2D eigenvalue weighted by molar-refractivity contribution is 7.13. The smallest absolute Gasteiger partial charge is 0.337 e. The number of amides is 1. The number of imidazole rings is 1. The quantitative estimate of drug-likeness (QED) is 0.533. The number of carbonyl (C=O) groups excluding carboxylic acids is 1. The molecule has 3 heterocycles. The van der Waals surface area contributed by atoms with Gasteiger partial charge in [0.1, 0.15) is 5.82 Å². The molecule has 0 radical (unpaired) electrons. The summed E-state index contributed by atoms with van der Waals surface area (Å²) < 4.78 is 39.9. The van der Waals surface area contributed by atoms with Crippen molar-refractivity contribution in [1.29, 1.82) is 0 Å². The lowest BCUT2D eigenvalue weighted by Gasteiger charge is -2.10. The third-order valence-electron chi connectivity index (χ3n) is 3.99. The molecule has 0 fully saturated rings. The fourth-order valence-electron chi connectivity index (χ4n) is 2.80. The van der Waals surface area contributed by atoms with Crippen molar-refractivity contribution in [2.24, 2.45) is 0 Å². The third kappa shape index (κ3) is 3.58. The number of hydrogen-bond donors (Lipinski definition) is 2. The molecule has 0 bridgehead atoms. The topological polar surface area (TPSA) is 83.6 Å². The fourth-order valence-corrected chi connectivity index (χ4v) is 3.35. The molecule has 2 N–H and O–H groups in total. The SMILES string of the molecule is O=C(Cc1cncc2[nH]c(-c3ccccc3C(F)(F)F)nc12)Nc1nccs1. The lowest BCUT2D eigenvalue weighted by molar-refractivity contribution is -0.137. The summed E-state index contributed by atoms with van der Waals surface area (Å²) >= 11 is 1.28. The van der Waals surface area contributed by atoms with Crippen molar-refractivity contribution in [3.8, 4) is 11.4 Å². The number of anilines is 1. The molecule has 142 valence electrons. The Morgan fingerprint density at radius 2 is 2.04 bits per heavy atom. The van der Waals surface area contributed by atoms with Crippen molar-refractivity contribution >= 4 is 33.4 Å². The highest BCUT2D eigenvalue weighted by Gasteiger charge is 2.34. The molecule has 0 saturated heterocycles. The van der Waals surface area contributed by atoms with Gasteiger partial charge in [0.25, 0.3) is 0 Å². The summed E-state index contributed by atoms with van der Waals surface area (Å²) in [5.41, 5.74) is 0.496. The zero-order valence-corrected chi connectivity index (χ0v) is 14.9. The maximum Gasteiger partial charge on any atom is 0.417 e. The van der Waals surface area contributed by atoms with E-state index in [1.807, 2.05) is 0 Å². The van der Waals surface area contributed by atoms with Gasteiger partial charge in [-0.25, -0.2) is 9.97 Å². The van der Waals surface area contributed by atoms with E-state index in [4.69, 9.17) is 0 Å². The molecule has 1 aromatic carbocycles. The molecular weight excluding hydrogens is 391 g/mol. The highest BCUT2D eigenvalue weighted by Crippen LogP contribution is 2.36. The van der Waals surface area contributed by atoms with Crippen molar-refractivity contribution < 1.29 is 18.0 Å². The summed E-state index contributed by atoms with van der Waals surface area (Å²) in [6.07, 6.45) is -0.0334. The summed E-state index contributed by atoms with van der Waals surface area (Å²) in [5.74, 6) is -0.248. The number of pyridine rings is 1. The highest BCUT2D eigenvalue weighted by atomic mass is 32.1. The van der Waals surface area contributed by atoms with Crippen molar-refractivity contribution in [2.45, 2.75) is 12.6 Å². The van der Waals surface area contributed by atoms with E-state index in [9.17, 15) is 18.0 Å². The lowest BCUT2D eigenvalue weighted by Crippen LogP contribution is -2.14. The average molecular weight is 403 g/mol. The van der Waals surface area contributed by atoms with Crippen LogP contribution in [-0.4, -0.2) is 25.8 Å². The number of nitrogens with zero attached hydrogens (tertiary/aromatic N) is 3. The van der Waals surface area contributed by atoms with Crippen molar-refractivity contribution in [1.82, 2.24) is 19.9 Å². The molecule has 0 saturated carbocycles. The van der Waals surface area contributed by atoms with Crippen LogP contribution in [0, 0.1) is 0 Å². The van der Waals surface area contributed by atoms with Gasteiger partial charge in [0, 0.05) is 28.9 Å². The van der Waals surface area contributed by atoms with Gasteiger partial charge < -0.3 is 10.3 Å². The Labute approximate surface area is 160 Å². The minimum absolute atomic E-state index is 0.0326. The first-order chi connectivity index (χ1) is 13.4. The fraction of sp³-hybridized carbons (Fsp3) is 0.111. The van der Waals surface area contributed by atoms with Crippen LogP contribution in [0.3, 0.4) is 0 Å². The van der Waals surface area contributed by atoms with Gasteiger partial charge in [-0.05, 0) is 6.07 Å². The molecule has 10 heteroatoms. The molecule has 0 aliphatic rings. The number of carbonyl (C=O) groups is 1. The number of aromatic nitrogens is 4. The standard InChI is InChI=1S/C18H12F3N5OS/c19-18(20,21)12-4-2-1-3-11(12)16-24-13-9-22-8-10(15(13)26-16)7-14(27)25-17-23-5-6-28-17/h1-6,8-9H,7H2,(H,24,26)(H,23,25,27). The van der Waals surface area contributed by atoms with Gasteiger partial charge in [-0.15, -0.1) is 11.3 Å². The average Bonchev–Trinajstić information content (AvgIpc) is 3.31. The lowest BCUT2D eigenvalue weighted by atomic mass is 10.1. The van der Waals surface area contributed by atoms with Crippen LogP contribution in [0.15, 0.2) is 48.2 Å². The van der Waals surface area contributed by atoms with Gasteiger partial charge in [0.05, 0.1) is 29.2 Å². The van der Waals surface area contributed by atoms with E-state index in [0.717, 1.165) is 6.07 Å². The molecule has 0 atom stereocenters. The summed E-state index contributed by atoms with van der Waals surface area (Å²) in [4.78, 5) is 27.4. The molecule has 1 amide bonds. The number of thiazole rings is 1. The first-order valence-corrected chi connectivity index (χ1v) is 8.98. The number of hydrogen-bond acceptors (Lipinski definition) is 5. The van der Waals surface area contributed by atoms with Gasteiger partial charge in [0.15, 0.2) is 5.13 Å². The van der Waals surface area contributed by atoms with E-state index in [1.54, 1.807) is 11.6 Å². The Balaban J connectivity index is 1.69. The molecule has 6 nitrogen and oxygen atoms in total. The number of H-pyrrole nitrogens is 1. The zero-order valence-electron chi connectivity index (χ0n) is 14.1. The van der Waals surface area contributed by atoms with E-state index in [-0.39, 0.29) is 23.7 Å². The molecule has 28 heavy (non-hydrogen) atoms.